The lowest BCUT2D eigenvalue weighted by Crippen LogP contribution is -2.09. The van der Waals surface area contributed by atoms with Crippen LogP contribution in [0.15, 0.2) is 60.7 Å². The lowest BCUT2D eigenvalue weighted by Gasteiger charge is -1.99. The number of benzene rings is 1. The van der Waals surface area contributed by atoms with Gasteiger partial charge in [0.2, 0.25) is 0 Å². The minimum atomic E-state index is -0.933. The molecule has 1 heterocycles. The average molecular weight is 316 g/mol. The van der Waals surface area contributed by atoms with Crippen LogP contribution in [0.5, 0.6) is 0 Å². The van der Waals surface area contributed by atoms with Gasteiger partial charge in [0.1, 0.15) is 12.7 Å². The molecule has 1 N–H and O–H groups in total. The van der Waals surface area contributed by atoms with Crippen molar-refractivity contribution in [3.63, 3.8) is 0 Å². The van der Waals surface area contributed by atoms with Gasteiger partial charge in [-0.2, -0.15) is 0 Å². The molecule has 1 aliphatic rings. The number of carbonyl (C=O) groups excluding carboxylic acids is 1. The molecule has 0 bridgehead atoms. The molecule has 0 radical (unpaired) electrons. The molecule has 2 rings (SSSR count). The molecule has 1 fully saturated rings. The van der Waals surface area contributed by atoms with E-state index in [0.717, 1.165) is 11.6 Å². The SMILES string of the molecule is C=C(C)C(=O)OCC1CO1.O=C(O)C=CC=Cc1ccccc1. The molecule has 0 amide bonds. The van der Waals surface area contributed by atoms with Crippen LogP contribution in [0, 0.1) is 0 Å². The molecular formula is C18H20O5. The number of allylic oxidation sites excluding steroid dienone is 2. The molecule has 0 spiro atoms. The predicted octanol–water partition coefficient (Wildman–Crippen LogP) is 2.85. The number of carboxylic acid groups (broad SMARTS) is 1. The maximum absolute atomic E-state index is 10.7. The Bertz CT molecular complexity index is 583. The number of hydrogen-bond donors (Lipinski definition) is 1. The van der Waals surface area contributed by atoms with Gasteiger partial charge in [-0.05, 0) is 12.5 Å². The molecule has 1 aromatic carbocycles. The summed E-state index contributed by atoms with van der Waals surface area (Å²) in [7, 11) is 0. The minimum absolute atomic E-state index is 0.142. The molecule has 1 saturated heterocycles. The van der Waals surface area contributed by atoms with Crippen molar-refractivity contribution in [3.8, 4) is 0 Å². The molecule has 0 aromatic heterocycles. The van der Waals surface area contributed by atoms with Crippen molar-refractivity contribution in [2.75, 3.05) is 13.2 Å². The van der Waals surface area contributed by atoms with Crippen molar-refractivity contribution in [3.05, 3.63) is 66.3 Å². The molecule has 5 heteroatoms. The van der Waals surface area contributed by atoms with Crippen LogP contribution in [0.25, 0.3) is 6.08 Å². The third-order valence-electron chi connectivity index (χ3n) is 2.59. The van der Waals surface area contributed by atoms with Crippen LogP contribution in [0.3, 0.4) is 0 Å². The summed E-state index contributed by atoms with van der Waals surface area (Å²) in [6.45, 7) is 6.14. The maximum atomic E-state index is 10.7. The highest BCUT2D eigenvalue weighted by atomic mass is 16.6. The number of carbonyl (C=O) groups is 2. The van der Waals surface area contributed by atoms with E-state index in [9.17, 15) is 9.59 Å². The van der Waals surface area contributed by atoms with E-state index in [0.29, 0.717) is 18.8 Å². The van der Waals surface area contributed by atoms with Gasteiger partial charge >= 0.3 is 11.9 Å². The van der Waals surface area contributed by atoms with Crippen molar-refractivity contribution in [2.24, 2.45) is 0 Å². The van der Waals surface area contributed by atoms with E-state index in [1.807, 2.05) is 36.4 Å². The van der Waals surface area contributed by atoms with Crippen LogP contribution in [0.1, 0.15) is 12.5 Å². The quantitative estimate of drug-likeness (QED) is 0.378. The summed E-state index contributed by atoms with van der Waals surface area (Å²) in [5, 5.41) is 8.29. The fourth-order valence-electron chi connectivity index (χ4n) is 1.32. The Morgan fingerprint density at radius 1 is 1.35 bits per heavy atom. The van der Waals surface area contributed by atoms with E-state index in [4.69, 9.17) is 14.6 Å². The van der Waals surface area contributed by atoms with E-state index in [2.05, 4.69) is 6.58 Å². The Hall–Kier alpha value is -2.66. The number of rotatable bonds is 6. The smallest absolute Gasteiger partial charge is 0.333 e. The van der Waals surface area contributed by atoms with Gasteiger partial charge in [0.25, 0.3) is 0 Å². The summed E-state index contributed by atoms with van der Waals surface area (Å²) < 4.78 is 9.60. The van der Waals surface area contributed by atoms with Crippen molar-refractivity contribution >= 4 is 18.0 Å². The summed E-state index contributed by atoms with van der Waals surface area (Å²) in [5.74, 6) is -1.27. The van der Waals surface area contributed by atoms with Gasteiger partial charge in [-0.25, -0.2) is 9.59 Å². The summed E-state index contributed by atoms with van der Waals surface area (Å²) >= 11 is 0. The van der Waals surface area contributed by atoms with E-state index in [1.54, 1.807) is 13.0 Å². The van der Waals surface area contributed by atoms with E-state index < -0.39 is 5.97 Å². The van der Waals surface area contributed by atoms with Crippen molar-refractivity contribution < 1.29 is 24.2 Å². The number of epoxide rings is 1. The van der Waals surface area contributed by atoms with Crippen molar-refractivity contribution in [1.29, 1.82) is 0 Å². The van der Waals surface area contributed by atoms with Crippen LogP contribution >= 0.6 is 0 Å². The van der Waals surface area contributed by atoms with Crippen LogP contribution in [0.4, 0.5) is 0 Å². The van der Waals surface area contributed by atoms with Gasteiger partial charge in [0, 0.05) is 11.6 Å². The first-order chi connectivity index (χ1) is 11.0. The first-order valence-corrected chi connectivity index (χ1v) is 7.06. The third-order valence-corrected chi connectivity index (χ3v) is 2.59. The number of hydrogen-bond acceptors (Lipinski definition) is 4. The first kappa shape index (κ1) is 18.4. The molecule has 122 valence electrons. The molecule has 0 saturated carbocycles. The second kappa shape index (κ2) is 10.1. The van der Waals surface area contributed by atoms with E-state index >= 15 is 0 Å². The molecule has 23 heavy (non-hydrogen) atoms. The largest absolute Gasteiger partial charge is 0.478 e. The van der Waals surface area contributed by atoms with Crippen LogP contribution < -0.4 is 0 Å². The zero-order chi connectivity index (χ0) is 17.1. The molecule has 5 nitrogen and oxygen atoms in total. The fourth-order valence-corrected chi connectivity index (χ4v) is 1.32. The van der Waals surface area contributed by atoms with Gasteiger partial charge in [0.05, 0.1) is 6.61 Å². The van der Waals surface area contributed by atoms with Crippen molar-refractivity contribution in [1.82, 2.24) is 0 Å². The Labute approximate surface area is 135 Å². The lowest BCUT2D eigenvalue weighted by atomic mass is 10.2. The molecule has 1 atom stereocenters. The highest BCUT2D eigenvalue weighted by Gasteiger charge is 2.24. The van der Waals surface area contributed by atoms with Gasteiger partial charge in [0.15, 0.2) is 0 Å². The van der Waals surface area contributed by atoms with Gasteiger partial charge in [-0.1, -0.05) is 55.1 Å². The summed E-state index contributed by atoms with van der Waals surface area (Å²) in [4.78, 5) is 20.8. The minimum Gasteiger partial charge on any atom is -0.478 e. The third kappa shape index (κ3) is 9.82. The zero-order valence-electron chi connectivity index (χ0n) is 13.0. The van der Waals surface area contributed by atoms with Gasteiger partial charge in [-0.15, -0.1) is 0 Å². The van der Waals surface area contributed by atoms with E-state index in [-0.39, 0.29) is 12.1 Å². The molecular weight excluding hydrogens is 296 g/mol. The highest BCUT2D eigenvalue weighted by molar-refractivity contribution is 5.86. The topological polar surface area (TPSA) is 76.1 Å². The predicted molar refractivity (Wildman–Crippen MR) is 87.8 cm³/mol. The fraction of sp³-hybridized carbons (Fsp3) is 0.222. The summed E-state index contributed by atoms with van der Waals surface area (Å²) in [6.07, 6.45) is 6.28. The monoisotopic (exact) mass is 316 g/mol. The van der Waals surface area contributed by atoms with Gasteiger partial charge < -0.3 is 14.6 Å². The number of esters is 1. The number of ether oxygens (including phenoxy) is 2. The maximum Gasteiger partial charge on any atom is 0.333 e. The highest BCUT2D eigenvalue weighted by Crippen LogP contribution is 2.09. The van der Waals surface area contributed by atoms with Crippen molar-refractivity contribution in [2.45, 2.75) is 13.0 Å². The molecule has 1 aliphatic heterocycles. The molecule has 0 aliphatic carbocycles. The Balaban J connectivity index is 0.000000238. The average Bonchev–Trinajstić information content (AvgIpc) is 3.35. The number of aliphatic carboxylic acids is 1. The van der Waals surface area contributed by atoms with E-state index in [1.165, 1.54) is 6.08 Å². The van der Waals surface area contributed by atoms with Gasteiger partial charge in [-0.3, -0.25) is 0 Å². The lowest BCUT2D eigenvalue weighted by molar-refractivity contribution is -0.139. The second-order valence-corrected chi connectivity index (χ2v) is 4.80. The second-order valence-electron chi connectivity index (χ2n) is 4.80. The Kier molecular flexibility index (Phi) is 8.10. The van der Waals surface area contributed by atoms with Crippen LogP contribution in [-0.4, -0.2) is 36.4 Å². The Morgan fingerprint density at radius 3 is 2.52 bits per heavy atom. The number of carboxylic acids is 1. The summed E-state index contributed by atoms with van der Waals surface area (Å²) in [6, 6.07) is 9.70. The first-order valence-electron chi connectivity index (χ1n) is 7.06. The standard InChI is InChI=1S/C11H10O2.C7H10O3/c12-11(13)9-5-4-8-10-6-2-1-3-7-10;1-5(2)7(8)10-4-6-3-9-6/h1-9H,(H,12,13);6H,1,3-4H2,2H3. The van der Waals surface area contributed by atoms with Crippen LogP contribution in [-0.2, 0) is 19.1 Å². The Morgan fingerprint density at radius 2 is 2.00 bits per heavy atom. The summed E-state index contributed by atoms with van der Waals surface area (Å²) in [5.41, 5.74) is 1.48. The zero-order valence-corrected chi connectivity index (χ0v) is 13.0. The molecule has 1 aromatic rings. The molecule has 1 unspecified atom stereocenters. The van der Waals surface area contributed by atoms with Crippen LogP contribution in [0.2, 0.25) is 0 Å². The normalized spacial score (nSPS) is 15.8.